The Morgan fingerprint density at radius 3 is 2.45 bits per heavy atom. The molecule has 0 aromatic rings. The Bertz CT molecular complexity index is 118. The maximum Gasteiger partial charge on any atom is 0.181 e. The van der Waals surface area contributed by atoms with Gasteiger partial charge in [0.15, 0.2) is 6.29 Å². The second-order valence-corrected chi connectivity index (χ2v) is 2.62. The third kappa shape index (κ3) is 1.88. The lowest BCUT2D eigenvalue weighted by Gasteiger charge is -2.14. The molecule has 1 saturated heterocycles. The van der Waals surface area contributed by atoms with E-state index in [0.717, 1.165) is 0 Å². The molecular formula is C6H12O5. The van der Waals surface area contributed by atoms with Crippen LogP contribution in [0.5, 0.6) is 0 Å². The second kappa shape index (κ2) is 3.46. The van der Waals surface area contributed by atoms with E-state index in [2.05, 4.69) is 0 Å². The van der Waals surface area contributed by atoms with Crippen LogP contribution in [0, 0.1) is 0 Å². The molecule has 0 aliphatic carbocycles. The average Bonchev–Trinajstić information content (AvgIpc) is 2.31. The summed E-state index contributed by atoms with van der Waals surface area (Å²) in [6.07, 6.45) is -3.72. The van der Waals surface area contributed by atoms with Gasteiger partial charge in [-0.2, -0.15) is 0 Å². The van der Waals surface area contributed by atoms with Gasteiger partial charge in [-0.25, -0.2) is 0 Å². The predicted octanol–water partition coefficient (Wildman–Crippen LogP) is -2.19. The second-order valence-electron chi connectivity index (χ2n) is 2.62. The summed E-state index contributed by atoms with van der Waals surface area (Å²) in [4.78, 5) is 0. The van der Waals surface area contributed by atoms with Crippen molar-refractivity contribution in [2.24, 2.45) is 0 Å². The summed E-state index contributed by atoms with van der Waals surface area (Å²) < 4.78 is 4.72. The van der Waals surface area contributed by atoms with Crippen LogP contribution in [0.3, 0.4) is 0 Å². The van der Waals surface area contributed by atoms with Gasteiger partial charge in [0.05, 0.1) is 12.7 Å². The highest BCUT2D eigenvalue weighted by atomic mass is 16.6. The highest BCUT2D eigenvalue weighted by molar-refractivity contribution is 4.80. The molecule has 11 heavy (non-hydrogen) atoms. The molecule has 1 aliphatic rings. The largest absolute Gasteiger partial charge is 0.394 e. The van der Waals surface area contributed by atoms with Crippen LogP contribution in [-0.4, -0.2) is 51.6 Å². The van der Waals surface area contributed by atoms with Crippen LogP contribution in [0.2, 0.25) is 0 Å². The lowest BCUT2D eigenvalue weighted by molar-refractivity contribution is -0.149. The summed E-state index contributed by atoms with van der Waals surface area (Å²) in [7, 11) is 0. The predicted molar refractivity (Wildman–Crippen MR) is 34.6 cm³/mol. The Labute approximate surface area is 63.8 Å². The minimum Gasteiger partial charge on any atom is -0.394 e. The molecule has 0 unspecified atom stereocenters. The van der Waals surface area contributed by atoms with Crippen LogP contribution in [-0.2, 0) is 4.74 Å². The first-order valence-corrected chi connectivity index (χ1v) is 3.45. The van der Waals surface area contributed by atoms with E-state index in [9.17, 15) is 0 Å². The van der Waals surface area contributed by atoms with E-state index in [4.69, 9.17) is 25.2 Å². The maximum absolute atomic E-state index is 9.00. The lowest BCUT2D eigenvalue weighted by atomic mass is 10.1. The molecule has 1 aliphatic heterocycles. The van der Waals surface area contributed by atoms with E-state index in [-0.39, 0.29) is 6.42 Å². The maximum atomic E-state index is 9.00. The Kier molecular flexibility index (Phi) is 2.80. The molecule has 1 fully saturated rings. The van der Waals surface area contributed by atoms with Gasteiger partial charge in [-0.3, -0.25) is 0 Å². The zero-order chi connectivity index (χ0) is 8.43. The van der Waals surface area contributed by atoms with Gasteiger partial charge in [-0.1, -0.05) is 0 Å². The van der Waals surface area contributed by atoms with Crippen molar-refractivity contribution in [1.29, 1.82) is 0 Å². The summed E-state index contributed by atoms with van der Waals surface area (Å²) in [5, 5.41) is 35.3. The van der Waals surface area contributed by atoms with Crippen LogP contribution < -0.4 is 0 Å². The number of ether oxygens (including phenoxy) is 1. The molecule has 0 amide bonds. The highest BCUT2D eigenvalue weighted by Gasteiger charge is 2.36. The quantitative estimate of drug-likeness (QED) is 0.372. The summed E-state index contributed by atoms with van der Waals surface area (Å²) in [6.45, 7) is -0.426. The van der Waals surface area contributed by atoms with E-state index in [0.29, 0.717) is 0 Å². The molecule has 4 N–H and O–H groups in total. The van der Waals surface area contributed by atoms with Crippen molar-refractivity contribution in [1.82, 2.24) is 0 Å². The summed E-state index contributed by atoms with van der Waals surface area (Å²) in [6, 6.07) is 0. The van der Waals surface area contributed by atoms with E-state index in [1.165, 1.54) is 0 Å². The highest BCUT2D eigenvalue weighted by Crippen LogP contribution is 2.20. The van der Waals surface area contributed by atoms with Gasteiger partial charge >= 0.3 is 0 Å². The summed E-state index contributed by atoms with van der Waals surface area (Å²) in [5.41, 5.74) is 0. The Hall–Kier alpha value is -0.200. The van der Waals surface area contributed by atoms with Crippen LogP contribution in [0.1, 0.15) is 6.42 Å². The molecule has 0 saturated carbocycles. The zero-order valence-corrected chi connectivity index (χ0v) is 5.92. The molecule has 5 nitrogen and oxygen atoms in total. The zero-order valence-electron chi connectivity index (χ0n) is 5.92. The Balaban J connectivity index is 2.40. The molecule has 0 bridgehead atoms. The van der Waals surface area contributed by atoms with Crippen LogP contribution >= 0.6 is 0 Å². The first-order valence-electron chi connectivity index (χ1n) is 3.45. The topological polar surface area (TPSA) is 90.2 Å². The van der Waals surface area contributed by atoms with Gasteiger partial charge in [0.25, 0.3) is 0 Å². The summed E-state index contributed by atoms with van der Waals surface area (Å²) >= 11 is 0. The number of hydrogen-bond acceptors (Lipinski definition) is 5. The van der Waals surface area contributed by atoms with Crippen LogP contribution in [0.4, 0.5) is 0 Å². The molecule has 0 aromatic carbocycles. The molecule has 0 radical (unpaired) electrons. The molecule has 1 heterocycles. The Morgan fingerprint density at radius 2 is 2.09 bits per heavy atom. The van der Waals surface area contributed by atoms with Gasteiger partial charge in [0, 0.05) is 6.42 Å². The first kappa shape index (κ1) is 8.89. The van der Waals surface area contributed by atoms with Crippen molar-refractivity contribution in [3.8, 4) is 0 Å². The monoisotopic (exact) mass is 164 g/mol. The van der Waals surface area contributed by atoms with Gasteiger partial charge in [-0.15, -0.1) is 0 Å². The molecule has 0 spiro atoms. The van der Waals surface area contributed by atoms with Gasteiger partial charge in [0.2, 0.25) is 0 Å². The first-order chi connectivity index (χ1) is 5.15. The van der Waals surface area contributed by atoms with Crippen molar-refractivity contribution in [3.63, 3.8) is 0 Å². The molecule has 4 atom stereocenters. The average molecular weight is 164 g/mol. The standard InChI is InChI=1S/C6H12O5/c7-2-4(9)5-1-3(8)6(10)11-5/h3-10H,1-2H2/t3-,4+,5+,6+/m1/s1. The fourth-order valence-corrected chi connectivity index (χ4v) is 1.05. The number of aliphatic hydroxyl groups excluding tert-OH is 4. The van der Waals surface area contributed by atoms with E-state index >= 15 is 0 Å². The minimum atomic E-state index is -1.24. The van der Waals surface area contributed by atoms with Crippen molar-refractivity contribution in [2.45, 2.75) is 31.0 Å². The summed E-state index contributed by atoms with van der Waals surface area (Å²) in [5.74, 6) is 0. The smallest absolute Gasteiger partial charge is 0.181 e. The third-order valence-electron chi connectivity index (χ3n) is 1.73. The molecule has 5 heteroatoms. The molecule has 66 valence electrons. The van der Waals surface area contributed by atoms with Gasteiger partial charge in [-0.05, 0) is 0 Å². The van der Waals surface area contributed by atoms with Crippen molar-refractivity contribution >= 4 is 0 Å². The van der Waals surface area contributed by atoms with Crippen molar-refractivity contribution in [2.75, 3.05) is 6.61 Å². The van der Waals surface area contributed by atoms with Gasteiger partial charge in [0.1, 0.15) is 12.2 Å². The molecular weight excluding hydrogens is 152 g/mol. The normalized spacial score (nSPS) is 40.9. The fourth-order valence-electron chi connectivity index (χ4n) is 1.05. The number of hydrogen-bond donors (Lipinski definition) is 4. The van der Waals surface area contributed by atoms with Crippen molar-refractivity contribution < 1.29 is 25.2 Å². The van der Waals surface area contributed by atoms with E-state index in [1.54, 1.807) is 0 Å². The minimum absolute atomic E-state index is 0.156. The third-order valence-corrected chi connectivity index (χ3v) is 1.73. The fraction of sp³-hybridized carbons (Fsp3) is 1.00. The molecule has 1 rings (SSSR count). The SMILES string of the molecule is OC[C@H](O)[C@@H]1C[C@@H](O)[C@@H](O)O1. The van der Waals surface area contributed by atoms with E-state index in [1.807, 2.05) is 0 Å². The molecule has 0 aromatic heterocycles. The van der Waals surface area contributed by atoms with Crippen LogP contribution in [0.25, 0.3) is 0 Å². The van der Waals surface area contributed by atoms with E-state index < -0.39 is 31.2 Å². The van der Waals surface area contributed by atoms with Crippen LogP contribution in [0.15, 0.2) is 0 Å². The Morgan fingerprint density at radius 1 is 1.45 bits per heavy atom. The lowest BCUT2D eigenvalue weighted by Crippen LogP contribution is -2.29. The van der Waals surface area contributed by atoms with Gasteiger partial charge < -0.3 is 25.2 Å². The van der Waals surface area contributed by atoms with Crippen molar-refractivity contribution in [3.05, 3.63) is 0 Å². The number of rotatable bonds is 2. The number of aliphatic hydroxyl groups is 4.